The number of rotatable bonds is 5. The van der Waals surface area contributed by atoms with Crippen LogP contribution in [-0.4, -0.2) is 35.7 Å². The Kier molecular flexibility index (Phi) is 6.58. The molecule has 0 amide bonds. The van der Waals surface area contributed by atoms with Gasteiger partial charge in [-0.1, -0.05) is 18.2 Å². The van der Waals surface area contributed by atoms with Gasteiger partial charge in [0.2, 0.25) is 0 Å². The lowest BCUT2D eigenvalue weighted by Crippen LogP contribution is -2.44. The predicted octanol–water partition coefficient (Wildman–Crippen LogP) is 3.78. The van der Waals surface area contributed by atoms with Crippen LogP contribution in [-0.2, 0) is 6.42 Å². The molecular formula is C21H26ClNO3S. The lowest BCUT2D eigenvalue weighted by atomic mass is 9.87. The van der Waals surface area contributed by atoms with Crippen LogP contribution in [0.15, 0.2) is 36.4 Å². The molecule has 0 bridgehead atoms. The van der Waals surface area contributed by atoms with E-state index in [1.54, 1.807) is 11.3 Å². The normalized spacial score (nSPS) is 27.1. The largest absolute Gasteiger partial charge is 0.488 e. The van der Waals surface area contributed by atoms with Gasteiger partial charge in [-0.15, -0.1) is 23.7 Å². The molecule has 6 heteroatoms. The van der Waals surface area contributed by atoms with Gasteiger partial charge in [-0.25, -0.2) is 0 Å². The van der Waals surface area contributed by atoms with Gasteiger partial charge < -0.3 is 15.2 Å². The number of thiophene rings is 1. The Hall–Kier alpha value is -1.40. The summed E-state index contributed by atoms with van der Waals surface area (Å²) in [5.74, 6) is 1.06. The van der Waals surface area contributed by atoms with Gasteiger partial charge in [-0.05, 0) is 50.8 Å². The third kappa shape index (κ3) is 4.37. The van der Waals surface area contributed by atoms with Crippen LogP contribution in [0.25, 0.3) is 0 Å². The molecule has 2 N–H and O–H groups in total. The van der Waals surface area contributed by atoms with Crippen molar-refractivity contribution in [2.24, 2.45) is 5.92 Å². The topological polar surface area (TPSA) is 58.6 Å². The molecule has 0 radical (unpaired) electrons. The van der Waals surface area contributed by atoms with Crippen molar-refractivity contribution in [1.82, 2.24) is 5.32 Å². The van der Waals surface area contributed by atoms with E-state index in [0.29, 0.717) is 6.54 Å². The van der Waals surface area contributed by atoms with Gasteiger partial charge in [0.1, 0.15) is 18.0 Å². The highest BCUT2D eigenvalue weighted by atomic mass is 35.5. The summed E-state index contributed by atoms with van der Waals surface area (Å²) in [6.45, 7) is 2.69. The predicted molar refractivity (Wildman–Crippen MR) is 110 cm³/mol. The van der Waals surface area contributed by atoms with E-state index >= 15 is 0 Å². The van der Waals surface area contributed by atoms with E-state index in [0.717, 1.165) is 37.0 Å². The first kappa shape index (κ1) is 20.3. The molecule has 146 valence electrons. The fraction of sp³-hybridized carbons (Fsp3) is 0.476. The van der Waals surface area contributed by atoms with Gasteiger partial charge in [0.25, 0.3) is 0 Å². The number of ether oxygens (including phenoxy) is 1. The number of nitrogens with one attached hydrogen (secondary N) is 1. The Labute approximate surface area is 170 Å². The van der Waals surface area contributed by atoms with Crippen molar-refractivity contribution in [3.63, 3.8) is 0 Å². The van der Waals surface area contributed by atoms with E-state index in [9.17, 15) is 9.90 Å². The molecule has 1 unspecified atom stereocenters. The maximum atomic E-state index is 12.7. The Bertz CT molecular complexity index is 779. The van der Waals surface area contributed by atoms with Crippen LogP contribution in [0.2, 0.25) is 0 Å². The number of aliphatic hydroxyl groups is 1. The summed E-state index contributed by atoms with van der Waals surface area (Å²) in [5, 5.41) is 14.0. The van der Waals surface area contributed by atoms with Gasteiger partial charge in [-0.3, -0.25) is 4.79 Å². The summed E-state index contributed by atoms with van der Waals surface area (Å²) in [4.78, 5) is 15.2. The molecule has 1 saturated carbocycles. The number of halogens is 1. The van der Waals surface area contributed by atoms with Crippen molar-refractivity contribution in [3.05, 3.63) is 51.7 Å². The van der Waals surface area contributed by atoms with Crippen molar-refractivity contribution in [1.29, 1.82) is 0 Å². The first-order chi connectivity index (χ1) is 12.6. The first-order valence-corrected chi connectivity index (χ1v) is 10.2. The number of aryl methyl sites for hydroxylation is 2. The van der Waals surface area contributed by atoms with Crippen molar-refractivity contribution < 1.29 is 14.6 Å². The highest BCUT2D eigenvalue weighted by molar-refractivity contribution is 7.12. The number of fused-ring (bicyclic) bond motifs is 1. The molecule has 4 atom stereocenters. The smallest absolute Gasteiger partial charge is 0.168 e. The number of hydrogen-bond acceptors (Lipinski definition) is 5. The van der Waals surface area contributed by atoms with Crippen molar-refractivity contribution in [2.45, 2.75) is 50.9 Å². The fourth-order valence-corrected chi connectivity index (χ4v) is 5.13. The summed E-state index contributed by atoms with van der Waals surface area (Å²) in [5.41, 5.74) is 0.919. The standard InChI is InChI=1S/C21H25NO3S.ClH/c1-13-11-16-19(26-13)10-7-14(20(16)23)12-22-17-8-9-18(21(17)24)25-15-5-3-2-4-6-15;/h2-6,11,14,17-18,21-22,24H,7-10,12H2,1H3;1H/t14?,17-,18-,21-;/m0./s1. The fourth-order valence-electron chi connectivity index (χ4n) is 4.07. The number of hydrogen-bond donors (Lipinski definition) is 2. The number of aliphatic hydroxyl groups excluding tert-OH is 1. The van der Waals surface area contributed by atoms with Crippen LogP contribution in [0.1, 0.15) is 39.4 Å². The van der Waals surface area contributed by atoms with Crippen LogP contribution in [0.3, 0.4) is 0 Å². The molecule has 4 nitrogen and oxygen atoms in total. The zero-order chi connectivity index (χ0) is 18.1. The quantitative estimate of drug-likeness (QED) is 0.791. The molecule has 0 aliphatic heterocycles. The van der Waals surface area contributed by atoms with Crippen molar-refractivity contribution >= 4 is 29.5 Å². The molecule has 0 saturated heterocycles. The van der Waals surface area contributed by atoms with Crippen LogP contribution in [0, 0.1) is 12.8 Å². The molecule has 2 aliphatic carbocycles. The second-order valence-electron chi connectivity index (χ2n) is 7.35. The average molecular weight is 408 g/mol. The maximum absolute atomic E-state index is 12.7. The summed E-state index contributed by atoms with van der Waals surface area (Å²) in [6, 6.07) is 11.7. The van der Waals surface area contributed by atoms with E-state index in [1.165, 1.54) is 9.75 Å². The average Bonchev–Trinajstić information content (AvgIpc) is 3.19. The number of carbonyl (C=O) groups excluding carboxylic acids is 1. The van der Waals surface area contributed by atoms with Crippen LogP contribution >= 0.6 is 23.7 Å². The number of benzene rings is 1. The summed E-state index contributed by atoms with van der Waals surface area (Å²) in [7, 11) is 0. The molecule has 4 rings (SSSR count). The Morgan fingerprint density at radius 2 is 2.00 bits per heavy atom. The molecule has 1 fully saturated rings. The minimum atomic E-state index is -0.548. The van der Waals surface area contributed by atoms with Crippen molar-refractivity contribution in [3.8, 4) is 5.75 Å². The highest BCUT2D eigenvalue weighted by Crippen LogP contribution is 2.32. The lowest BCUT2D eigenvalue weighted by molar-refractivity contribution is 0.0442. The van der Waals surface area contributed by atoms with E-state index in [2.05, 4.69) is 12.2 Å². The minimum absolute atomic E-state index is 0. The highest BCUT2D eigenvalue weighted by Gasteiger charge is 2.37. The molecule has 27 heavy (non-hydrogen) atoms. The van der Waals surface area contributed by atoms with Crippen LogP contribution in [0.5, 0.6) is 5.75 Å². The Balaban J connectivity index is 0.00000210. The summed E-state index contributed by atoms with van der Waals surface area (Å²) < 4.78 is 5.92. The number of para-hydroxylation sites is 1. The minimum Gasteiger partial charge on any atom is -0.488 e. The molecule has 2 aliphatic rings. The zero-order valence-electron chi connectivity index (χ0n) is 15.4. The molecule has 1 heterocycles. The maximum Gasteiger partial charge on any atom is 0.168 e. The monoisotopic (exact) mass is 407 g/mol. The number of carbonyl (C=O) groups is 1. The van der Waals surface area contributed by atoms with Gasteiger partial charge in [0.05, 0.1) is 0 Å². The second-order valence-corrected chi connectivity index (χ2v) is 8.69. The van der Waals surface area contributed by atoms with Crippen LogP contribution < -0.4 is 10.1 Å². The SMILES string of the molecule is Cc1cc2c(s1)CCC(CN[C@H]1CC[C@H](Oc3ccccc3)[C@H]1O)C2=O.Cl. The number of ketones is 1. The van der Waals surface area contributed by atoms with E-state index in [1.807, 2.05) is 36.4 Å². The second kappa shape index (κ2) is 8.74. The van der Waals surface area contributed by atoms with E-state index in [-0.39, 0.29) is 36.3 Å². The van der Waals surface area contributed by atoms with Gasteiger partial charge in [-0.2, -0.15) is 0 Å². The van der Waals surface area contributed by atoms with Crippen molar-refractivity contribution in [2.75, 3.05) is 6.54 Å². The third-order valence-electron chi connectivity index (χ3n) is 5.50. The van der Waals surface area contributed by atoms with E-state index < -0.39 is 6.10 Å². The van der Waals surface area contributed by atoms with E-state index in [4.69, 9.17) is 4.74 Å². The van der Waals surface area contributed by atoms with Gasteiger partial charge >= 0.3 is 0 Å². The first-order valence-electron chi connectivity index (χ1n) is 9.38. The molecule has 1 aromatic heterocycles. The van der Waals surface area contributed by atoms with Gasteiger partial charge in [0.15, 0.2) is 5.78 Å². The molecule has 1 aromatic carbocycles. The number of Topliss-reactive ketones (excluding diaryl/α,β-unsaturated/α-hetero) is 1. The molecule has 0 spiro atoms. The molecule has 2 aromatic rings. The molecular weight excluding hydrogens is 382 g/mol. The Morgan fingerprint density at radius 1 is 1.22 bits per heavy atom. The zero-order valence-corrected chi connectivity index (χ0v) is 17.0. The van der Waals surface area contributed by atoms with Gasteiger partial charge in [0, 0.05) is 33.8 Å². The third-order valence-corrected chi connectivity index (χ3v) is 6.61. The summed E-state index contributed by atoms with van der Waals surface area (Å²) in [6.07, 6.45) is 2.82. The van der Waals surface area contributed by atoms with Crippen LogP contribution in [0.4, 0.5) is 0 Å². The Morgan fingerprint density at radius 3 is 2.78 bits per heavy atom. The lowest BCUT2D eigenvalue weighted by Gasteiger charge is -2.25. The summed E-state index contributed by atoms with van der Waals surface area (Å²) >= 11 is 1.74.